The van der Waals surface area contributed by atoms with E-state index in [0.717, 1.165) is 39.3 Å². The number of anilines is 1. The highest BCUT2D eigenvalue weighted by atomic mass is 79.9. The van der Waals surface area contributed by atoms with Crippen molar-refractivity contribution in [1.29, 1.82) is 0 Å². The summed E-state index contributed by atoms with van der Waals surface area (Å²) in [4.78, 5) is 12.1. The first-order valence-corrected chi connectivity index (χ1v) is 7.48. The van der Waals surface area contributed by atoms with Gasteiger partial charge in [0.25, 0.3) is 0 Å². The summed E-state index contributed by atoms with van der Waals surface area (Å²) < 4.78 is 1.91. The van der Waals surface area contributed by atoms with Crippen molar-refractivity contribution in [2.75, 3.05) is 5.32 Å². The third kappa shape index (κ3) is 2.43. The molecule has 0 bridgehead atoms. The van der Waals surface area contributed by atoms with Crippen LogP contribution in [0.2, 0.25) is 0 Å². The number of carbonyl (C=O) groups excluding carboxylic acids is 1. The van der Waals surface area contributed by atoms with Gasteiger partial charge in [0.1, 0.15) is 0 Å². The Morgan fingerprint density at radius 2 is 1.88 bits per heavy atom. The van der Waals surface area contributed by atoms with Gasteiger partial charge in [0, 0.05) is 14.9 Å². The second-order valence-corrected chi connectivity index (χ2v) is 6.81. The Morgan fingerprint density at radius 3 is 2.59 bits per heavy atom. The summed E-state index contributed by atoms with van der Waals surface area (Å²) in [5, 5.41) is 3.02. The first-order chi connectivity index (χ1) is 8.13. The monoisotopic (exact) mass is 357 g/mol. The summed E-state index contributed by atoms with van der Waals surface area (Å²) in [6.07, 6.45) is 3.52. The minimum atomic E-state index is 0.177. The van der Waals surface area contributed by atoms with Crippen molar-refractivity contribution >= 4 is 43.5 Å². The third-order valence-electron chi connectivity index (χ3n) is 3.80. The lowest BCUT2D eigenvalue weighted by Gasteiger charge is -2.13. The van der Waals surface area contributed by atoms with Gasteiger partial charge in [-0.25, -0.2) is 0 Å². The lowest BCUT2D eigenvalue weighted by Crippen LogP contribution is -2.21. The van der Waals surface area contributed by atoms with Crippen LogP contribution in [0.5, 0.6) is 0 Å². The average Bonchev–Trinajstić information content (AvgIpc) is 2.91. The average molecular weight is 359 g/mol. The summed E-state index contributed by atoms with van der Waals surface area (Å²) in [5.74, 6) is 2.09. The van der Waals surface area contributed by atoms with Crippen molar-refractivity contribution in [3.63, 3.8) is 0 Å². The molecular formula is C13H13Br2NO. The number of fused-ring (bicyclic) bond motifs is 1. The van der Waals surface area contributed by atoms with Crippen molar-refractivity contribution in [2.45, 2.75) is 19.3 Å². The number of hydrogen-bond acceptors (Lipinski definition) is 1. The van der Waals surface area contributed by atoms with Crippen LogP contribution in [0.3, 0.4) is 0 Å². The summed E-state index contributed by atoms with van der Waals surface area (Å²) in [7, 11) is 0. The molecule has 90 valence electrons. The van der Waals surface area contributed by atoms with Gasteiger partial charge in [-0.1, -0.05) is 15.9 Å². The van der Waals surface area contributed by atoms with Crippen LogP contribution >= 0.6 is 31.9 Å². The minimum Gasteiger partial charge on any atom is -0.325 e. The van der Waals surface area contributed by atoms with E-state index < -0.39 is 0 Å². The fraction of sp³-hybridized carbons (Fsp3) is 0.462. The Labute approximate surface area is 117 Å². The largest absolute Gasteiger partial charge is 0.325 e. The van der Waals surface area contributed by atoms with Crippen LogP contribution in [0, 0.1) is 17.8 Å². The quantitative estimate of drug-likeness (QED) is 0.843. The highest BCUT2D eigenvalue weighted by Gasteiger charge is 2.47. The van der Waals surface area contributed by atoms with E-state index in [2.05, 4.69) is 37.2 Å². The number of carbonyl (C=O) groups is 1. The fourth-order valence-corrected chi connectivity index (χ4v) is 3.46. The Bertz CT molecular complexity index is 464. The lowest BCUT2D eigenvalue weighted by atomic mass is 10.0. The van der Waals surface area contributed by atoms with Gasteiger partial charge < -0.3 is 5.32 Å². The fourth-order valence-electron chi connectivity index (χ4n) is 2.76. The maximum absolute atomic E-state index is 12.1. The molecular weight excluding hydrogens is 346 g/mol. The van der Waals surface area contributed by atoms with Crippen LogP contribution in [0.15, 0.2) is 27.1 Å². The second kappa shape index (κ2) is 4.39. The molecule has 2 aliphatic rings. The van der Waals surface area contributed by atoms with Gasteiger partial charge in [0.15, 0.2) is 0 Å². The maximum Gasteiger partial charge on any atom is 0.227 e. The van der Waals surface area contributed by atoms with Crippen LogP contribution in [-0.4, -0.2) is 5.91 Å². The number of hydrogen-bond donors (Lipinski definition) is 1. The van der Waals surface area contributed by atoms with E-state index in [1.807, 2.05) is 18.2 Å². The molecule has 0 saturated heterocycles. The standard InChI is InChI=1S/C13H13Br2NO/c14-10-1-2-11(15)12(6-10)16-13(17)9-4-7-3-8(7)5-9/h1-2,6-9H,3-5H2,(H,16,17). The molecule has 2 saturated carbocycles. The highest BCUT2D eigenvalue weighted by Crippen LogP contribution is 2.54. The summed E-state index contributed by atoms with van der Waals surface area (Å²) in [6, 6.07) is 5.81. The highest BCUT2D eigenvalue weighted by molar-refractivity contribution is 9.11. The second-order valence-electron chi connectivity index (χ2n) is 5.04. The van der Waals surface area contributed by atoms with E-state index in [-0.39, 0.29) is 11.8 Å². The summed E-state index contributed by atoms with van der Waals surface area (Å²) in [6.45, 7) is 0. The molecule has 0 aromatic heterocycles. The van der Waals surface area contributed by atoms with E-state index in [1.54, 1.807) is 0 Å². The summed E-state index contributed by atoms with van der Waals surface area (Å²) >= 11 is 6.87. The van der Waals surface area contributed by atoms with Gasteiger partial charge in [-0.2, -0.15) is 0 Å². The molecule has 2 aliphatic carbocycles. The van der Waals surface area contributed by atoms with Crippen molar-refractivity contribution in [2.24, 2.45) is 17.8 Å². The van der Waals surface area contributed by atoms with Gasteiger partial charge in [0.05, 0.1) is 5.69 Å². The molecule has 4 heteroatoms. The van der Waals surface area contributed by atoms with Crippen LogP contribution < -0.4 is 5.32 Å². The van der Waals surface area contributed by atoms with Gasteiger partial charge >= 0.3 is 0 Å². The summed E-state index contributed by atoms with van der Waals surface area (Å²) in [5.41, 5.74) is 0.852. The molecule has 3 rings (SSSR count). The number of nitrogens with one attached hydrogen (secondary N) is 1. The van der Waals surface area contributed by atoms with Crippen LogP contribution in [-0.2, 0) is 4.79 Å². The zero-order valence-electron chi connectivity index (χ0n) is 9.25. The molecule has 17 heavy (non-hydrogen) atoms. The number of amides is 1. The Morgan fingerprint density at radius 1 is 1.18 bits per heavy atom. The van der Waals surface area contributed by atoms with Gasteiger partial charge in [0.2, 0.25) is 5.91 Å². The molecule has 1 aromatic carbocycles. The zero-order valence-corrected chi connectivity index (χ0v) is 12.4. The predicted octanol–water partition coefficient (Wildman–Crippen LogP) is 4.20. The normalized spacial score (nSPS) is 29.9. The first-order valence-electron chi connectivity index (χ1n) is 5.89. The molecule has 0 radical (unpaired) electrons. The Balaban J connectivity index is 1.69. The van der Waals surface area contributed by atoms with E-state index in [9.17, 15) is 4.79 Å². The Hall–Kier alpha value is -0.350. The van der Waals surface area contributed by atoms with Crippen LogP contribution in [0.25, 0.3) is 0 Å². The third-order valence-corrected chi connectivity index (χ3v) is 4.99. The van der Waals surface area contributed by atoms with Gasteiger partial charge in [-0.3, -0.25) is 4.79 Å². The lowest BCUT2D eigenvalue weighted by molar-refractivity contribution is -0.120. The van der Waals surface area contributed by atoms with Crippen molar-refractivity contribution < 1.29 is 4.79 Å². The van der Waals surface area contributed by atoms with Crippen LogP contribution in [0.1, 0.15) is 19.3 Å². The van der Waals surface area contributed by atoms with E-state index in [4.69, 9.17) is 0 Å². The molecule has 1 aromatic rings. The first kappa shape index (κ1) is 11.7. The van der Waals surface area contributed by atoms with E-state index in [0.29, 0.717) is 0 Å². The SMILES string of the molecule is O=C(Nc1cc(Br)ccc1Br)C1CC2CC2C1. The van der Waals surface area contributed by atoms with E-state index >= 15 is 0 Å². The van der Waals surface area contributed by atoms with Crippen molar-refractivity contribution in [3.05, 3.63) is 27.1 Å². The predicted molar refractivity (Wildman–Crippen MR) is 74.8 cm³/mol. The number of rotatable bonds is 2. The topological polar surface area (TPSA) is 29.1 Å². The van der Waals surface area contributed by atoms with E-state index in [1.165, 1.54) is 6.42 Å². The van der Waals surface area contributed by atoms with Gasteiger partial charge in [-0.05, 0) is 65.2 Å². The molecule has 1 N–H and O–H groups in total. The molecule has 2 nitrogen and oxygen atoms in total. The molecule has 0 heterocycles. The smallest absolute Gasteiger partial charge is 0.227 e. The molecule has 2 atom stereocenters. The van der Waals surface area contributed by atoms with Crippen molar-refractivity contribution in [3.8, 4) is 0 Å². The maximum atomic E-state index is 12.1. The molecule has 2 unspecified atom stereocenters. The molecule has 1 amide bonds. The zero-order chi connectivity index (χ0) is 12.0. The molecule has 0 spiro atoms. The van der Waals surface area contributed by atoms with Crippen molar-refractivity contribution in [1.82, 2.24) is 0 Å². The molecule has 0 aliphatic heterocycles. The number of halogens is 2. The Kier molecular flexibility index (Phi) is 3.03. The molecule has 2 fully saturated rings. The minimum absolute atomic E-state index is 0.177. The number of benzene rings is 1. The van der Waals surface area contributed by atoms with Crippen LogP contribution in [0.4, 0.5) is 5.69 Å². The van der Waals surface area contributed by atoms with Gasteiger partial charge in [-0.15, -0.1) is 0 Å².